The lowest BCUT2D eigenvalue weighted by Gasteiger charge is -2.21. The third-order valence-electron chi connectivity index (χ3n) is 4.03. The quantitative estimate of drug-likeness (QED) is 0.810. The van der Waals surface area contributed by atoms with Crippen molar-refractivity contribution in [2.45, 2.75) is 31.3 Å². The van der Waals surface area contributed by atoms with Crippen LogP contribution in [-0.4, -0.2) is 47.5 Å². The average Bonchev–Trinajstić information content (AvgIpc) is 3.07. The maximum atomic E-state index is 11.7. The van der Waals surface area contributed by atoms with E-state index in [4.69, 9.17) is 10.5 Å². The summed E-state index contributed by atoms with van der Waals surface area (Å²) in [6.07, 6.45) is 3.58. The summed E-state index contributed by atoms with van der Waals surface area (Å²) in [7, 11) is 1.36. The van der Waals surface area contributed by atoms with E-state index < -0.39 is 5.97 Å². The lowest BCUT2D eigenvalue weighted by molar-refractivity contribution is 0.0603. The van der Waals surface area contributed by atoms with Gasteiger partial charge in [0, 0.05) is 18.6 Å². The second-order valence-corrected chi connectivity index (χ2v) is 5.82. The number of fused-ring (bicyclic) bond motifs is 1. The van der Waals surface area contributed by atoms with E-state index in [0.717, 1.165) is 18.0 Å². The molecule has 7 heteroatoms. The van der Waals surface area contributed by atoms with E-state index in [2.05, 4.69) is 14.6 Å². The van der Waals surface area contributed by atoms with E-state index in [1.807, 2.05) is 0 Å². The van der Waals surface area contributed by atoms with Gasteiger partial charge in [-0.15, -0.1) is 0 Å². The van der Waals surface area contributed by atoms with Gasteiger partial charge < -0.3 is 15.8 Å². The molecule has 2 fully saturated rings. The van der Waals surface area contributed by atoms with Crippen molar-refractivity contribution in [3.8, 4) is 0 Å². The first-order chi connectivity index (χ1) is 9.20. The van der Waals surface area contributed by atoms with E-state index in [0.29, 0.717) is 17.6 Å². The number of aromatic nitrogens is 1. The third-order valence-corrected chi connectivity index (χ3v) is 4.82. The van der Waals surface area contributed by atoms with Crippen LogP contribution in [0, 0.1) is 0 Å². The summed E-state index contributed by atoms with van der Waals surface area (Å²) in [6.45, 7) is 2.32. The van der Waals surface area contributed by atoms with E-state index in [-0.39, 0.29) is 5.82 Å². The summed E-state index contributed by atoms with van der Waals surface area (Å²) < 4.78 is 8.82. The molecule has 0 saturated carbocycles. The Hall–Kier alpha value is -1.34. The molecule has 0 bridgehead atoms. The number of nitrogens with zero attached hydrogens (tertiary/aromatic N) is 2. The fourth-order valence-corrected chi connectivity index (χ4v) is 3.88. The maximum Gasteiger partial charge on any atom is 0.344 e. The minimum atomic E-state index is -0.421. The zero-order valence-electron chi connectivity index (χ0n) is 10.9. The fraction of sp³-hybridized carbons (Fsp3) is 0.667. The molecule has 3 rings (SSSR count). The molecule has 3 N–H and O–H groups in total. The molecule has 2 aliphatic rings. The van der Waals surface area contributed by atoms with Gasteiger partial charge in [-0.1, -0.05) is 0 Å². The van der Waals surface area contributed by atoms with Crippen LogP contribution in [-0.2, 0) is 4.74 Å². The highest BCUT2D eigenvalue weighted by atomic mass is 32.1. The normalized spacial score (nSPS) is 26.4. The molecule has 3 heterocycles. The van der Waals surface area contributed by atoms with E-state index in [1.165, 1.54) is 38.0 Å². The number of rotatable bonds is 3. The van der Waals surface area contributed by atoms with Crippen LogP contribution in [0.4, 0.5) is 10.8 Å². The number of methoxy groups -OCH3 is 1. The van der Waals surface area contributed by atoms with Crippen LogP contribution in [0.3, 0.4) is 0 Å². The Kier molecular flexibility index (Phi) is 3.32. The Morgan fingerprint density at radius 1 is 1.53 bits per heavy atom. The van der Waals surface area contributed by atoms with Crippen LogP contribution in [0.15, 0.2) is 0 Å². The van der Waals surface area contributed by atoms with Crippen LogP contribution < -0.4 is 11.1 Å². The standard InChI is InChI=1S/C12H18N4O2S/c1-18-12(17)9-10(13)15-19-11(9)14-7-4-6-16-5-2-3-8(7)16/h7-8,14H,2-6H2,1H3,(H2,13,15). The van der Waals surface area contributed by atoms with Gasteiger partial charge in [-0.05, 0) is 37.3 Å². The monoisotopic (exact) mass is 282 g/mol. The van der Waals surface area contributed by atoms with Crippen molar-refractivity contribution in [2.75, 3.05) is 31.2 Å². The van der Waals surface area contributed by atoms with Crippen molar-refractivity contribution in [1.29, 1.82) is 0 Å². The highest BCUT2D eigenvalue weighted by Gasteiger charge is 2.38. The number of esters is 1. The van der Waals surface area contributed by atoms with Crippen LogP contribution in [0.5, 0.6) is 0 Å². The zero-order valence-corrected chi connectivity index (χ0v) is 11.7. The SMILES string of the molecule is COC(=O)c1c(N)nsc1NC1CCN2CCCC12. The summed E-state index contributed by atoms with van der Waals surface area (Å²) in [5.74, 6) is -0.171. The predicted octanol–water partition coefficient (Wildman–Crippen LogP) is 1.16. The smallest absolute Gasteiger partial charge is 0.344 e. The lowest BCUT2D eigenvalue weighted by Crippen LogP contribution is -2.33. The Morgan fingerprint density at radius 3 is 3.16 bits per heavy atom. The maximum absolute atomic E-state index is 11.7. The highest BCUT2D eigenvalue weighted by molar-refractivity contribution is 7.11. The van der Waals surface area contributed by atoms with Gasteiger partial charge in [0.05, 0.1) is 7.11 Å². The van der Waals surface area contributed by atoms with Crippen molar-refractivity contribution in [1.82, 2.24) is 9.27 Å². The van der Waals surface area contributed by atoms with Gasteiger partial charge >= 0.3 is 5.97 Å². The molecule has 2 aliphatic heterocycles. The number of nitrogens with two attached hydrogens (primary N) is 1. The molecule has 104 valence electrons. The molecule has 0 spiro atoms. The molecule has 2 unspecified atom stereocenters. The topological polar surface area (TPSA) is 80.5 Å². The highest BCUT2D eigenvalue weighted by Crippen LogP contribution is 2.34. The molecule has 0 aromatic carbocycles. The van der Waals surface area contributed by atoms with Crippen LogP contribution in [0.2, 0.25) is 0 Å². The predicted molar refractivity (Wildman–Crippen MR) is 74.5 cm³/mol. The summed E-state index contributed by atoms with van der Waals surface area (Å²) in [5, 5.41) is 4.19. The van der Waals surface area contributed by atoms with Gasteiger partial charge in [0.2, 0.25) is 0 Å². The van der Waals surface area contributed by atoms with E-state index in [1.54, 1.807) is 0 Å². The minimum Gasteiger partial charge on any atom is -0.465 e. The number of hydrogen-bond donors (Lipinski definition) is 2. The number of anilines is 2. The van der Waals surface area contributed by atoms with Gasteiger partial charge in [0.25, 0.3) is 0 Å². The number of carbonyl (C=O) groups is 1. The molecule has 19 heavy (non-hydrogen) atoms. The summed E-state index contributed by atoms with van der Waals surface area (Å²) in [4.78, 5) is 14.2. The van der Waals surface area contributed by atoms with Crippen LogP contribution >= 0.6 is 11.5 Å². The average molecular weight is 282 g/mol. The minimum absolute atomic E-state index is 0.251. The van der Waals surface area contributed by atoms with Crippen molar-refractivity contribution >= 4 is 28.3 Å². The zero-order chi connectivity index (χ0) is 13.4. The Morgan fingerprint density at radius 2 is 2.37 bits per heavy atom. The van der Waals surface area contributed by atoms with Crippen molar-refractivity contribution in [2.24, 2.45) is 0 Å². The second kappa shape index (κ2) is 4.97. The molecular weight excluding hydrogens is 264 g/mol. The van der Waals surface area contributed by atoms with Crippen molar-refractivity contribution < 1.29 is 9.53 Å². The molecule has 1 aromatic heterocycles. The second-order valence-electron chi connectivity index (χ2n) is 5.05. The summed E-state index contributed by atoms with van der Waals surface area (Å²) in [5.41, 5.74) is 6.13. The largest absolute Gasteiger partial charge is 0.465 e. The molecule has 2 saturated heterocycles. The number of nitrogen functional groups attached to an aromatic ring is 1. The van der Waals surface area contributed by atoms with Gasteiger partial charge in [0.1, 0.15) is 10.6 Å². The van der Waals surface area contributed by atoms with Crippen molar-refractivity contribution in [3.63, 3.8) is 0 Å². The molecule has 1 aromatic rings. The first kappa shape index (κ1) is 12.7. The molecule has 0 radical (unpaired) electrons. The first-order valence-corrected chi connectivity index (χ1v) is 7.32. The molecule has 0 amide bonds. The Balaban J connectivity index is 1.78. The van der Waals surface area contributed by atoms with Crippen LogP contribution in [0.25, 0.3) is 0 Å². The first-order valence-electron chi connectivity index (χ1n) is 6.54. The third kappa shape index (κ3) is 2.17. The molecule has 6 nitrogen and oxygen atoms in total. The number of nitrogens with one attached hydrogen (secondary N) is 1. The number of carbonyl (C=O) groups excluding carboxylic acids is 1. The summed E-state index contributed by atoms with van der Waals surface area (Å²) >= 11 is 1.24. The number of ether oxygens (including phenoxy) is 1. The molecular formula is C12H18N4O2S. The fourth-order valence-electron chi connectivity index (χ4n) is 3.12. The molecule has 0 aliphatic carbocycles. The van der Waals surface area contributed by atoms with Crippen LogP contribution in [0.1, 0.15) is 29.6 Å². The van der Waals surface area contributed by atoms with Gasteiger partial charge in [-0.2, -0.15) is 4.37 Å². The lowest BCUT2D eigenvalue weighted by atomic mass is 10.1. The van der Waals surface area contributed by atoms with E-state index >= 15 is 0 Å². The van der Waals surface area contributed by atoms with Gasteiger partial charge in [-0.25, -0.2) is 4.79 Å². The van der Waals surface area contributed by atoms with Crippen molar-refractivity contribution in [3.05, 3.63) is 5.56 Å². The van der Waals surface area contributed by atoms with Gasteiger partial charge in [0.15, 0.2) is 5.82 Å². The summed E-state index contributed by atoms with van der Waals surface area (Å²) in [6, 6.07) is 0.958. The molecule has 2 atom stereocenters. The Labute approximate surface area is 116 Å². The number of hydrogen-bond acceptors (Lipinski definition) is 7. The van der Waals surface area contributed by atoms with E-state index in [9.17, 15) is 4.79 Å². The van der Waals surface area contributed by atoms with Gasteiger partial charge in [-0.3, -0.25) is 4.90 Å². The Bertz CT molecular complexity index is 490.